The standard InChI is InChI=1S/C21H16FN5O4/c1-25-18(28)10-17(24-16-8-7-14(27(30)31)9-15(16)22)19-20(25)23-12-26(21(19)29)11-13-5-3-2-4-6-13/h2-10,12,24H,11H2,1H3. The van der Waals surface area contributed by atoms with Gasteiger partial charge in [0.05, 0.1) is 28.9 Å². The number of aromatic nitrogens is 3. The molecule has 2 aromatic heterocycles. The van der Waals surface area contributed by atoms with Crippen molar-refractivity contribution in [3.63, 3.8) is 0 Å². The Hall–Kier alpha value is -4.34. The Labute approximate surface area is 174 Å². The molecule has 4 rings (SSSR count). The van der Waals surface area contributed by atoms with E-state index in [1.807, 2.05) is 30.3 Å². The number of pyridine rings is 1. The molecule has 10 heteroatoms. The number of anilines is 2. The third kappa shape index (κ3) is 3.78. The van der Waals surface area contributed by atoms with Crippen LogP contribution in [0.1, 0.15) is 5.56 Å². The molecule has 2 heterocycles. The Morgan fingerprint density at radius 2 is 1.84 bits per heavy atom. The van der Waals surface area contributed by atoms with E-state index in [1.165, 1.54) is 34.6 Å². The summed E-state index contributed by atoms with van der Waals surface area (Å²) in [5, 5.41) is 13.6. The first-order valence-electron chi connectivity index (χ1n) is 9.19. The average Bonchev–Trinajstić information content (AvgIpc) is 2.75. The average molecular weight is 421 g/mol. The fourth-order valence-electron chi connectivity index (χ4n) is 3.22. The Bertz CT molecular complexity index is 1430. The predicted octanol–water partition coefficient (Wildman–Crippen LogP) is 2.93. The van der Waals surface area contributed by atoms with Crippen LogP contribution >= 0.6 is 0 Å². The molecule has 0 aliphatic carbocycles. The van der Waals surface area contributed by atoms with E-state index in [9.17, 15) is 24.1 Å². The van der Waals surface area contributed by atoms with Gasteiger partial charge in [-0.05, 0) is 11.6 Å². The number of nitrogens with zero attached hydrogens (tertiary/aromatic N) is 4. The van der Waals surface area contributed by atoms with E-state index in [4.69, 9.17) is 0 Å². The van der Waals surface area contributed by atoms with Gasteiger partial charge in [-0.2, -0.15) is 0 Å². The van der Waals surface area contributed by atoms with E-state index < -0.39 is 27.5 Å². The number of rotatable bonds is 5. The topological polar surface area (TPSA) is 112 Å². The van der Waals surface area contributed by atoms with Crippen LogP contribution in [0.15, 0.2) is 70.5 Å². The highest BCUT2D eigenvalue weighted by Crippen LogP contribution is 2.26. The maximum atomic E-state index is 14.4. The van der Waals surface area contributed by atoms with Crippen LogP contribution in [-0.4, -0.2) is 19.0 Å². The Kier molecular flexibility index (Phi) is 5.04. The first-order valence-corrected chi connectivity index (χ1v) is 9.19. The highest BCUT2D eigenvalue weighted by molar-refractivity contribution is 5.90. The normalized spacial score (nSPS) is 10.9. The molecule has 4 aromatic rings. The van der Waals surface area contributed by atoms with E-state index in [1.54, 1.807) is 0 Å². The maximum absolute atomic E-state index is 14.4. The van der Waals surface area contributed by atoms with Gasteiger partial charge in [-0.25, -0.2) is 9.37 Å². The molecule has 0 unspecified atom stereocenters. The van der Waals surface area contributed by atoms with Crippen LogP contribution in [0, 0.1) is 15.9 Å². The van der Waals surface area contributed by atoms with Crippen molar-refractivity contribution in [2.24, 2.45) is 7.05 Å². The smallest absolute Gasteiger partial charge is 0.272 e. The Morgan fingerprint density at radius 3 is 2.52 bits per heavy atom. The van der Waals surface area contributed by atoms with Crippen LogP contribution in [0.25, 0.3) is 11.0 Å². The van der Waals surface area contributed by atoms with Crippen molar-refractivity contribution in [2.75, 3.05) is 5.32 Å². The minimum Gasteiger partial charge on any atom is -0.352 e. The summed E-state index contributed by atoms with van der Waals surface area (Å²) in [5.74, 6) is -0.892. The summed E-state index contributed by atoms with van der Waals surface area (Å²) in [7, 11) is 1.48. The second kappa shape index (κ2) is 7.82. The van der Waals surface area contributed by atoms with Crippen molar-refractivity contribution in [3.05, 3.63) is 103 Å². The largest absolute Gasteiger partial charge is 0.352 e. The highest BCUT2D eigenvalue weighted by Gasteiger charge is 2.17. The summed E-state index contributed by atoms with van der Waals surface area (Å²) >= 11 is 0. The van der Waals surface area contributed by atoms with Gasteiger partial charge in [-0.1, -0.05) is 30.3 Å². The van der Waals surface area contributed by atoms with Crippen LogP contribution in [0.3, 0.4) is 0 Å². The zero-order valence-electron chi connectivity index (χ0n) is 16.3. The van der Waals surface area contributed by atoms with Crippen LogP contribution in [0.5, 0.6) is 0 Å². The van der Waals surface area contributed by atoms with Crippen LogP contribution in [0.4, 0.5) is 21.5 Å². The summed E-state index contributed by atoms with van der Waals surface area (Å²) in [5.41, 5.74) is -0.329. The van der Waals surface area contributed by atoms with Crippen LogP contribution < -0.4 is 16.4 Å². The lowest BCUT2D eigenvalue weighted by Crippen LogP contribution is -2.26. The van der Waals surface area contributed by atoms with Gasteiger partial charge in [-0.3, -0.25) is 28.8 Å². The summed E-state index contributed by atoms with van der Waals surface area (Å²) in [6.07, 6.45) is 1.35. The molecule has 0 amide bonds. The van der Waals surface area contributed by atoms with Gasteiger partial charge in [0.15, 0.2) is 11.5 Å². The monoisotopic (exact) mass is 421 g/mol. The van der Waals surface area contributed by atoms with Crippen molar-refractivity contribution in [3.8, 4) is 0 Å². The maximum Gasteiger partial charge on any atom is 0.272 e. The van der Waals surface area contributed by atoms with Crippen molar-refractivity contribution in [1.82, 2.24) is 14.1 Å². The number of fused-ring (bicyclic) bond motifs is 1. The molecule has 0 saturated carbocycles. The quantitative estimate of drug-likeness (QED) is 0.392. The molecule has 1 N–H and O–H groups in total. The molecule has 0 spiro atoms. The molecule has 0 aliphatic rings. The number of nitrogens with one attached hydrogen (secondary N) is 1. The number of halogens is 1. The molecule has 0 radical (unpaired) electrons. The third-order valence-corrected chi connectivity index (χ3v) is 4.83. The molecular formula is C21H16FN5O4. The van der Waals surface area contributed by atoms with E-state index in [0.29, 0.717) is 0 Å². The SMILES string of the molecule is Cn1c(=O)cc(Nc2ccc([N+](=O)[O-])cc2F)c2c(=O)n(Cc3ccccc3)cnc21. The van der Waals surface area contributed by atoms with Gasteiger partial charge in [-0.15, -0.1) is 0 Å². The van der Waals surface area contributed by atoms with Crippen LogP contribution in [-0.2, 0) is 13.6 Å². The van der Waals surface area contributed by atoms with Crippen molar-refractivity contribution in [2.45, 2.75) is 6.54 Å². The number of benzene rings is 2. The predicted molar refractivity (Wildman–Crippen MR) is 113 cm³/mol. The molecule has 156 valence electrons. The van der Waals surface area contributed by atoms with Gasteiger partial charge in [0.2, 0.25) is 0 Å². The number of nitro groups is 1. The minimum absolute atomic E-state index is 0.0609. The molecule has 2 aromatic carbocycles. The third-order valence-electron chi connectivity index (χ3n) is 4.83. The lowest BCUT2D eigenvalue weighted by molar-refractivity contribution is -0.385. The van der Waals surface area contributed by atoms with E-state index >= 15 is 0 Å². The Balaban J connectivity index is 1.85. The van der Waals surface area contributed by atoms with Gasteiger partial charge in [0, 0.05) is 19.2 Å². The zero-order chi connectivity index (χ0) is 22.1. The number of hydrogen-bond donors (Lipinski definition) is 1. The summed E-state index contributed by atoms with van der Waals surface area (Å²) in [6.45, 7) is 0.261. The summed E-state index contributed by atoms with van der Waals surface area (Å²) in [4.78, 5) is 40.0. The number of hydrogen-bond acceptors (Lipinski definition) is 6. The molecule has 9 nitrogen and oxygen atoms in total. The number of non-ortho nitro benzene ring substituents is 1. The lowest BCUT2D eigenvalue weighted by atomic mass is 10.2. The summed E-state index contributed by atoms with van der Waals surface area (Å²) < 4.78 is 17.0. The van der Waals surface area contributed by atoms with Gasteiger partial charge in [0.1, 0.15) is 11.7 Å². The van der Waals surface area contributed by atoms with E-state index in [2.05, 4.69) is 10.3 Å². The van der Waals surface area contributed by atoms with Crippen molar-refractivity contribution in [1.29, 1.82) is 0 Å². The fourth-order valence-corrected chi connectivity index (χ4v) is 3.22. The van der Waals surface area contributed by atoms with Crippen LogP contribution in [0.2, 0.25) is 0 Å². The molecule has 0 aliphatic heterocycles. The highest BCUT2D eigenvalue weighted by atomic mass is 19.1. The van der Waals surface area contributed by atoms with Crippen molar-refractivity contribution < 1.29 is 9.31 Å². The number of nitro benzene ring substituents is 1. The first-order chi connectivity index (χ1) is 14.8. The molecule has 31 heavy (non-hydrogen) atoms. The molecular weight excluding hydrogens is 405 g/mol. The Morgan fingerprint density at radius 1 is 1.10 bits per heavy atom. The van der Waals surface area contributed by atoms with E-state index in [-0.39, 0.29) is 29.0 Å². The summed E-state index contributed by atoms with van der Waals surface area (Å²) in [6, 6.07) is 13.5. The molecule has 0 atom stereocenters. The van der Waals surface area contributed by atoms with Gasteiger partial charge < -0.3 is 5.32 Å². The van der Waals surface area contributed by atoms with E-state index in [0.717, 1.165) is 17.7 Å². The van der Waals surface area contributed by atoms with Gasteiger partial charge in [0.25, 0.3) is 16.8 Å². The zero-order valence-corrected chi connectivity index (χ0v) is 16.3. The molecule has 0 fully saturated rings. The second-order valence-corrected chi connectivity index (χ2v) is 6.86. The first kappa shape index (κ1) is 20.0. The lowest BCUT2D eigenvalue weighted by Gasteiger charge is -2.14. The number of aryl methyl sites for hydroxylation is 1. The van der Waals surface area contributed by atoms with Gasteiger partial charge >= 0.3 is 0 Å². The fraction of sp³-hybridized carbons (Fsp3) is 0.0952. The molecule has 0 saturated heterocycles. The van der Waals surface area contributed by atoms with Crippen molar-refractivity contribution >= 4 is 28.1 Å². The second-order valence-electron chi connectivity index (χ2n) is 6.86. The molecule has 0 bridgehead atoms. The minimum atomic E-state index is -0.892.